The molecule has 92 valence electrons. The fraction of sp³-hybridized carbons (Fsp3) is 0.917. The average Bonchev–Trinajstić information content (AvgIpc) is 2.66. The van der Waals surface area contributed by atoms with Crippen LogP contribution in [0.4, 0.5) is 0 Å². The van der Waals surface area contributed by atoms with Gasteiger partial charge in [0.05, 0.1) is 0 Å². The van der Waals surface area contributed by atoms with E-state index in [0.717, 1.165) is 24.7 Å². The third-order valence-electron chi connectivity index (χ3n) is 3.69. The van der Waals surface area contributed by atoms with Crippen LogP contribution in [0, 0.1) is 0 Å². The van der Waals surface area contributed by atoms with E-state index in [9.17, 15) is 0 Å². The van der Waals surface area contributed by atoms with E-state index in [1.807, 2.05) is 0 Å². The van der Waals surface area contributed by atoms with E-state index in [1.165, 1.54) is 38.6 Å². The Bertz CT molecular complexity index is 238. The van der Waals surface area contributed by atoms with Crippen molar-refractivity contribution in [3.8, 4) is 0 Å². The summed E-state index contributed by atoms with van der Waals surface area (Å²) in [6.45, 7) is 4.52. The summed E-state index contributed by atoms with van der Waals surface area (Å²) < 4.78 is 0. The van der Waals surface area contributed by atoms with Gasteiger partial charge in [-0.15, -0.1) is 0 Å². The highest BCUT2D eigenvalue weighted by Crippen LogP contribution is 2.18. The maximum absolute atomic E-state index is 5.51. The number of nitrogens with one attached hydrogen (secondary N) is 1. The van der Waals surface area contributed by atoms with Gasteiger partial charge in [-0.1, -0.05) is 12.8 Å². The Morgan fingerprint density at radius 3 is 2.56 bits per heavy atom. The lowest BCUT2D eigenvalue weighted by atomic mass is 10.2. The zero-order valence-corrected chi connectivity index (χ0v) is 11.1. The number of hydrogen-bond acceptors (Lipinski definition) is 2. The number of nitrogens with zero attached hydrogens (tertiary/aromatic N) is 2. The molecule has 0 aromatic rings. The molecule has 3 nitrogen and oxygen atoms in total. The molecule has 0 aromatic heterocycles. The van der Waals surface area contributed by atoms with Gasteiger partial charge in [0.15, 0.2) is 5.11 Å². The number of likely N-dealkylation sites (N-methyl/N-ethyl adjacent to an activating group) is 1. The van der Waals surface area contributed by atoms with Gasteiger partial charge in [-0.3, -0.25) is 0 Å². The Morgan fingerprint density at radius 2 is 1.81 bits per heavy atom. The van der Waals surface area contributed by atoms with E-state index in [1.54, 1.807) is 0 Å². The first-order valence-corrected chi connectivity index (χ1v) is 6.90. The molecule has 4 heteroatoms. The summed E-state index contributed by atoms with van der Waals surface area (Å²) in [4.78, 5) is 4.73. The quantitative estimate of drug-likeness (QED) is 0.700. The molecule has 0 unspecified atom stereocenters. The molecule has 1 aliphatic carbocycles. The van der Waals surface area contributed by atoms with Crippen LogP contribution >= 0.6 is 12.2 Å². The maximum atomic E-state index is 5.51. The fourth-order valence-electron chi connectivity index (χ4n) is 2.59. The summed E-state index contributed by atoms with van der Waals surface area (Å²) in [5.41, 5.74) is 0. The molecule has 0 amide bonds. The minimum absolute atomic E-state index is 0.647. The number of rotatable bonds is 1. The summed E-state index contributed by atoms with van der Waals surface area (Å²) in [7, 11) is 2.19. The van der Waals surface area contributed by atoms with E-state index >= 15 is 0 Å². The minimum Gasteiger partial charge on any atom is -0.360 e. The SMILES string of the molecule is CN1CCCN(C(=S)NC2CCCC2)CC1. The molecule has 1 saturated heterocycles. The summed E-state index contributed by atoms with van der Waals surface area (Å²) in [5.74, 6) is 0. The molecule has 2 rings (SSSR count). The summed E-state index contributed by atoms with van der Waals surface area (Å²) in [5, 5.41) is 4.52. The lowest BCUT2D eigenvalue weighted by Gasteiger charge is -2.26. The lowest BCUT2D eigenvalue weighted by molar-refractivity contribution is 0.344. The van der Waals surface area contributed by atoms with Crippen LogP contribution in [0.15, 0.2) is 0 Å². The molecule has 0 spiro atoms. The maximum Gasteiger partial charge on any atom is 0.169 e. The fourth-order valence-corrected chi connectivity index (χ4v) is 2.93. The van der Waals surface area contributed by atoms with E-state index in [0.29, 0.717) is 6.04 Å². The van der Waals surface area contributed by atoms with Crippen LogP contribution in [-0.4, -0.2) is 54.2 Å². The predicted molar refractivity (Wildman–Crippen MR) is 71.7 cm³/mol. The van der Waals surface area contributed by atoms with E-state index in [2.05, 4.69) is 22.2 Å². The largest absolute Gasteiger partial charge is 0.360 e. The van der Waals surface area contributed by atoms with Crippen LogP contribution < -0.4 is 5.32 Å². The molecule has 0 aromatic carbocycles. The molecule has 2 aliphatic rings. The smallest absolute Gasteiger partial charge is 0.169 e. The molecule has 0 bridgehead atoms. The Kier molecular flexibility index (Phi) is 4.41. The standard InChI is InChI=1S/C12H23N3S/c1-14-7-4-8-15(10-9-14)12(16)13-11-5-2-3-6-11/h11H,2-10H2,1H3,(H,13,16). The Morgan fingerprint density at radius 1 is 1.06 bits per heavy atom. The van der Waals surface area contributed by atoms with Crippen LogP contribution in [0.25, 0.3) is 0 Å². The van der Waals surface area contributed by atoms with Crippen molar-refractivity contribution in [1.29, 1.82) is 0 Å². The molecule has 1 N–H and O–H groups in total. The van der Waals surface area contributed by atoms with Crippen molar-refractivity contribution < 1.29 is 0 Å². The highest BCUT2D eigenvalue weighted by Gasteiger charge is 2.19. The summed E-state index contributed by atoms with van der Waals surface area (Å²) in [6, 6.07) is 0.647. The third-order valence-corrected chi connectivity index (χ3v) is 4.07. The second kappa shape index (κ2) is 5.82. The second-order valence-electron chi connectivity index (χ2n) is 5.07. The van der Waals surface area contributed by atoms with Crippen LogP contribution in [-0.2, 0) is 0 Å². The summed E-state index contributed by atoms with van der Waals surface area (Å²) >= 11 is 5.51. The first-order chi connectivity index (χ1) is 7.75. The minimum atomic E-state index is 0.647. The number of hydrogen-bond donors (Lipinski definition) is 1. The molecule has 1 heterocycles. The van der Waals surface area contributed by atoms with Crippen LogP contribution in [0.2, 0.25) is 0 Å². The Hall–Kier alpha value is -0.350. The summed E-state index contributed by atoms with van der Waals surface area (Å²) in [6.07, 6.45) is 6.55. The number of thiocarbonyl (C=S) groups is 1. The third kappa shape index (κ3) is 3.32. The molecule has 2 fully saturated rings. The van der Waals surface area contributed by atoms with Crippen molar-refractivity contribution in [1.82, 2.24) is 15.1 Å². The highest BCUT2D eigenvalue weighted by atomic mass is 32.1. The predicted octanol–water partition coefficient (Wildman–Crippen LogP) is 1.44. The first-order valence-electron chi connectivity index (χ1n) is 6.50. The van der Waals surface area contributed by atoms with Crippen LogP contribution in [0.1, 0.15) is 32.1 Å². The van der Waals surface area contributed by atoms with Crippen LogP contribution in [0.3, 0.4) is 0 Å². The van der Waals surface area contributed by atoms with Gasteiger partial charge in [-0.05, 0) is 45.1 Å². The van der Waals surface area contributed by atoms with Crippen molar-refractivity contribution in [3.63, 3.8) is 0 Å². The average molecular weight is 241 g/mol. The van der Waals surface area contributed by atoms with Gasteiger partial charge in [0.25, 0.3) is 0 Å². The molecule has 16 heavy (non-hydrogen) atoms. The molecule has 0 atom stereocenters. The topological polar surface area (TPSA) is 18.5 Å². The normalized spacial score (nSPS) is 24.4. The van der Waals surface area contributed by atoms with E-state index in [4.69, 9.17) is 12.2 Å². The van der Waals surface area contributed by atoms with Gasteiger partial charge in [0, 0.05) is 25.7 Å². The van der Waals surface area contributed by atoms with Crippen molar-refractivity contribution >= 4 is 17.3 Å². The first kappa shape index (κ1) is 12.1. The van der Waals surface area contributed by atoms with Crippen molar-refractivity contribution in [2.24, 2.45) is 0 Å². The van der Waals surface area contributed by atoms with Gasteiger partial charge in [-0.2, -0.15) is 0 Å². The van der Waals surface area contributed by atoms with Crippen molar-refractivity contribution in [3.05, 3.63) is 0 Å². The lowest BCUT2D eigenvalue weighted by Crippen LogP contribution is -2.45. The molecule has 1 saturated carbocycles. The van der Waals surface area contributed by atoms with Gasteiger partial charge in [0.1, 0.15) is 0 Å². The Labute approximate surface area is 104 Å². The monoisotopic (exact) mass is 241 g/mol. The van der Waals surface area contributed by atoms with Crippen molar-refractivity contribution in [2.75, 3.05) is 33.2 Å². The van der Waals surface area contributed by atoms with Gasteiger partial charge >= 0.3 is 0 Å². The van der Waals surface area contributed by atoms with Gasteiger partial charge < -0.3 is 15.1 Å². The van der Waals surface area contributed by atoms with Crippen LogP contribution in [0.5, 0.6) is 0 Å². The Balaban J connectivity index is 1.78. The molecule has 0 radical (unpaired) electrons. The molecular formula is C12H23N3S. The van der Waals surface area contributed by atoms with Crippen molar-refractivity contribution in [2.45, 2.75) is 38.1 Å². The van der Waals surface area contributed by atoms with E-state index in [-0.39, 0.29) is 0 Å². The van der Waals surface area contributed by atoms with Gasteiger partial charge in [-0.25, -0.2) is 0 Å². The zero-order valence-electron chi connectivity index (χ0n) is 10.2. The molecule has 1 aliphatic heterocycles. The molecular weight excluding hydrogens is 218 g/mol. The zero-order chi connectivity index (χ0) is 11.4. The van der Waals surface area contributed by atoms with E-state index < -0.39 is 0 Å². The second-order valence-corrected chi connectivity index (χ2v) is 5.46. The highest BCUT2D eigenvalue weighted by molar-refractivity contribution is 7.80. The van der Waals surface area contributed by atoms with Gasteiger partial charge in [0.2, 0.25) is 0 Å².